The van der Waals surface area contributed by atoms with Crippen LogP contribution in [0.3, 0.4) is 0 Å². The minimum Gasteiger partial charge on any atom is -0.312 e. The van der Waals surface area contributed by atoms with Gasteiger partial charge in [-0.1, -0.05) is 139 Å². The second kappa shape index (κ2) is 14.8. The normalized spacial score (nSPS) is 22.8. The van der Waals surface area contributed by atoms with Gasteiger partial charge >= 0.3 is 0 Å². The predicted octanol–water partition coefficient (Wildman–Crippen LogP) is 18.7. The molecular weight excluding hydrogens is 908 g/mol. The highest BCUT2D eigenvalue weighted by Crippen LogP contribution is 2.61. The molecule has 1 unspecified atom stereocenters. The zero-order valence-electron chi connectivity index (χ0n) is 46.4. The molecule has 0 spiro atoms. The van der Waals surface area contributed by atoms with Crippen molar-refractivity contribution in [2.24, 2.45) is 16.7 Å². The van der Waals surface area contributed by atoms with E-state index >= 15 is 0 Å². The molecule has 0 radical (unpaired) electrons. The van der Waals surface area contributed by atoms with Crippen molar-refractivity contribution in [2.75, 3.05) is 9.80 Å². The highest BCUT2D eigenvalue weighted by Gasteiger charge is 2.53. The van der Waals surface area contributed by atoms with Gasteiger partial charge in [0.25, 0.3) is 6.71 Å². The van der Waals surface area contributed by atoms with Crippen molar-refractivity contribution >= 4 is 98.3 Å². The molecule has 2 aliphatic heterocycles. The monoisotopic (exact) mass is 985 g/mol. The van der Waals surface area contributed by atoms with Crippen LogP contribution in [0.2, 0.25) is 0 Å². The van der Waals surface area contributed by atoms with Crippen molar-refractivity contribution in [1.29, 1.82) is 0 Å². The Morgan fingerprint density at radius 3 is 1.86 bits per heavy atom. The van der Waals surface area contributed by atoms with Gasteiger partial charge in [-0.05, 0) is 195 Å². The van der Waals surface area contributed by atoms with Gasteiger partial charge in [0.15, 0.2) is 0 Å². The summed E-state index contributed by atoms with van der Waals surface area (Å²) >= 11 is 4.10. The number of hydrogen-bond acceptors (Lipinski definition) is 4. The van der Waals surface area contributed by atoms with E-state index in [0.717, 1.165) is 6.42 Å². The molecule has 13 rings (SSSR count). The third-order valence-corrected chi connectivity index (χ3v) is 22.4. The Bertz CT molecular complexity index is 3590. The van der Waals surface area contributed by atoms with E-state index in [0.29, 0.717) is 5.92 Å². The van der Waals surface area contributed by atoms with Gasteiger partial charge in [0.2, 0.25) is 0 Å². The Morgan fingerprint density at radius 1 is 0.556 bits per heavy atom. The Balaban J connectivity index is 1.16. The van der Waals surface area contributed by atoms with Gasteiger partial charge in [0, 0.05) is 53.1 Å². The van der Waals surface area contributed by atoms with Crippen LogP contribution in [0.4, 0.5) is 28.4 Å². The van der Waals surface area contributed by atoms with E-state index in [2.05, 4.69) is 217 Å². The second-order valence-electron chi connectivity index (χ2n) is 28.7. The first-order chi connectivity index (χ1) is 33.7. The van der Waals surface area contributed by atoms with Gasteiger partial charge in [-0.2, -0.15) is 0 Å². The lowest BCUT2D eigenvalue weighted by Gasteiger charge is -2.53. The summed E-state index contributed by atoms with van der Waals surface area (Å²) in [7, 11) is 0. The topological polar surface area (TPSA) is 6.48 Å². The van der Waals surface area contributed by atoms with Crippen LogP contribution >= 0.6 is 22.7 Å². The minimum atomic E-state index is 0.0651. The zero-order chi connectivity index (χ0) is 50.8. The molecule has 0 N–H and O–H groups in total. The van der Waals surface area contributed by atoms with Gasteiger partial charge in [-0.15, -0.1) is 22.7 Å². The molecule has 4 aliphatic carbocycles. The third kappa shape index (κ3) is 6.63. The van der Waals surface area contributed by atoms with Crippen LogP contribution in [0.15, 0.2) is 102 Å². The average Bonchev–Trinajstić information content (AvgIpc) is 3.88. The number of allylic oxidation sites excluding steroid dienone is 3. The number of hydrogen-bond donors (Lipinski definition) is 0. The third-order valence-electron chi connectivity index (χ3n) is 20.0. The molecule has 0 amide bonds. The number of anilines is 5. The van der Waals surface area contributed by atoms with Crippen molar-refractivity contribution in [3.05, 3.63) is 135 Å². The number of rotatable bonds is 2. The van der Waals surface area contributed by atoms with Crippen molar-refractivity contribution < 1.29 is 0 Å². The number of aryl methyl sites for hydroxylation is 1. The first kappa shape index (κ1) is 47.2. The van der Waals surface area contributed by atoms with Crippen LogP contribution in [0.25, 0.3) is 30.3 Å². The lowest BCUT2D eigenvalue weighted by Crippen LogP contribution is -2.56. The molecule has 72 heavy (non-hydrogen) atoms. The molecule has 7 aromatic rings. The number of benzene rings is 5. The molecule has 6 aliphatic rings. The van der Waals surface area contributed by atoms with E-state index in [1.165, 1.54) is 135 Å². The lowest BCUT2D eigenvalue weighted by molar-refractivity contribution is 0.122. The van der Waals surface area contributed by atoms with Crippen molar-refractivity contribution in [3.8, 4) is 0 Å². The smallest absolute Gasteiger partial charge is 0.260 e. The summed E-state index contributed by atoms with van der Waals surface area (Å²) in [6.45, 7) is 39.8. The van der Waals surface area contributed by atoms with Gasteiger partial charge in [0.05, 0.1) is 16.1 Å². The summed E-state index contributed by atoms with van der Waals surface area (Å²) in [5.41, 5.74) is 22.7. The van der Waals surface area contributed by atoms with Crippen LogP contribution in [0, 0.1) is 23.7 Å². The Kier molecular flexibility index (Phi) is 9.72. The summed E-state index contributed by atoms with van der Waals surface area (Å²) in [6.07, 6.45) is 11.2. The lowest BCUT2D eigenvalue weighted by atomic mass is 9.33. The Morgan fingerprint density at radius 2 is 1.18 bits per heavy atom. The van der Waals surface area contributed by atoms with Crippen LogP contribution in [-0.2, 0) is 27.1 Å². The maximum Gasteiger partial charge on any atom is 0.260 e. The maximum absolute atomic E-state index is 2.80. The quantitative estimate of drug-likeness (QED) is 0.159. The van der Waals surface area contributed by atoms with E-state index in [1.807, 2.05) is 11.3 Å². The van der Waals surface area contributed by atoms with Crippen molar-refractivity contribution in [2.45, 2.75) is 183 Å². The van der Waals surface area contributed by atoms with E-state index in [4.69, 9.17) is 0 Å². The van der Waals surface area contributed by atoms with Crippen LogP contribution in [0.1, 0.15) is 182 Å². The number of thiophene rings is 2. The molecule has 1 atom stereocenters. The average molecular weight is 985 g/mol. The maximum atomic E-state index is 2.80. The SMILES string of the molecule is Cc1cc2c3c(c1)N(c1cccc4c1sc1ccc(C(C)(C)C)cc14)c1c(sc4cc5c(cc14)C(C)(C)CCC5(C)C)B3C1=C(C=C3C(C1)C(C)(C)CCC3(C)C)N2c1ccc2c(c1)C(C)(C)CCC2(C)C. The Labute approximate surface area is 440 Å². The molecule has 0 saturated heterocycles. The van der Waals surface area contributed by atoms with Crippen LogP contribution < -0.4 is 20.0 Å². The van der Waals surface area contributed by atoms with Gasteiger partial charge < -0.3 is 9.80 Å². The number of fused-ring (bicyclic) bond motifs is 11. The van der Waals surface area contributed by atoms with E-state index < -0.39 is 0 Å². The van der Waals surface area contributed by atoms with E-state index in [1.54, 1.807) is 22.2 Å². The van der Waals surface area contributed by atoms with Crippen molar-refractivity contribution in [1.82, 2.24) is 0 Å². The summed E-state index contributed by atoms with van der Waals surface area (Å²) in [5.74, 6) is 0.482. The van der Waals surface area contributed by atoms with Gasteiger partial charge in [0.1, 0.15) is 0 Å². The van der Waals surface area contributed by atoms with Gasteiger partial charge in [-0.3, -0.25) is 0 Å². The van der Waals surface area contributed by atoms with E-state index in [-0.39, 0.29) is 44.6 Å². The standard InChI is InChI=1S/C67H77BN2S2/c1-38-30-53-57-54(31-38)70(51-19-17-18-41-42-32-39(61(2,3)4)20-23-55(42)71-59(41)51)58-43-34-46-49(67(15,16)29-26-64(46,9)10)37-56(43)72-60(58)68(57)50-35-47-48(66(13,14)28-27-65(47,11)12)36-52(50)69(53)40-21-22-44-45(33-40)63(7,8)25-24-62(44,5)6/h17-23,30-34,36-37,47H,24-29,35H2,1-16H3. The fourth-order valence-corrected chi connectivity index (χ4v) is 17.5. The fourth-order valence-electron chi connectivity index (χ4n) is 15.0. The molecule has 4 heterocycles. The van der Waals surface area contributed by atoms with E-state index in [9.17, 15) is 0 Å². The zero-order valence-corrected chi connectivity index (χ0v) is 48.0. The van der Waals surface area contributed by atoms with Crippen molar-refractivity contribution in [3.63, 3.8) is 0 Å². The van der Waals surface area contributed by atoms with Crippen LogP contribution in [-0.4, -0.2) is 6.71 Å². The molecule has 370 valence electrons. The number of nitrogens with zero attached hydrogens (tertiary/aromatic N) is 2. The summed E-state index contributed by atoms with van der Waals surface area (Å²) in [4.78, 5) is 5.58. The second-order valence-corrected chi connectivity index (χ2v) is 30.8. The molecule has 1 fully saturated rings. The largest absolute Gasteiger partial charge is 0.312 e. The Hall–Kier alpha value is -4.58. The first-order valence-electron chi connectivity index (χ1n) is 27.6. The fraction of sp³-hybridized carbons (Fsp3) is 0.463. The highest BCUT2D eigenvalue weighted by molar-refractivity contribution is 7.33. The van der Waals surface area contributed by atoms with Crippen LogP contribution in [0.5, 0.6) is 0 Å². The molecular formula is C67H77BN2S2. The highest BCUT2D eigenvalue weighted by atomic mass is 32.1. The molecule has 2 nitrogen and oxygen atoms in total. The minimum absolute atomic E-state index is 0.0651. The molecule has 1 saturated carbocycles. The molecule has 5 aromatic carbocycles. The molecule has 5 heteroatoms. The first-order valence-corrected chi connectivity index (χ1v) is 29.2. The summed E-state index contributed by atoms with van der Waals surface area (Å²) in [6, 6.07) is 32.7. The van der Waals surface area contributed by atoms with Gasteiger partial charge in [-0.25, -0.2) is 0 Å². The predicted molar refractivity (Wildman–Crippen MR) is 317 cm³/mol. The summed E-state index contributed by atoms with van der Waals surface area (Å²) in [5, 5.41) is 4.17. The molecule has 2 aromatic heterocycles. The molecule has 0 bridgehead atoms. The summed E-state index contributed by atoms with van der Waals surface area (Å²) < 4.78 is 5.70.